The second-order valence-corrected chi connectivity index (χ2v) is 2.59. The fourth-order valence-corrected chi connectivity index (χ4v) is 0.813. The van der Waals surface area contributed by atoms with Crippen molar-refractivity contribution in [3.63, 3.8) is 0 Å². The molecule has 0 saturated heterocycles. The molecule has 1 rings (SSSR count). The normalized spacial score (nSPS) is 9.57. The lowest BCUT2D eigenvalue weighted by atomic mass is 10.4. The number of aryl methyl sites for hydroxylation is 1. The SMILES string of the molecule is Cc1cc(CNC(=O)C(=O)NN)on1. The molecule has 0 unspecified atom stereocenters. The zero-order chi connectivity index (χ0) is 10.6. The fourth-order valence-electron chi connectivity index (χ4n) is 0.813. The van der Waals surface area contributed by atoms with E-state index < -0.39 is 11.8 Å². The highest BCUT2D eigenvalue weighted by Crippen LogP contribution is 2.00. The summed E-state index contributed by atoms with van der Waals surface area (Å²) < 4.78 is 4.80. The first kappa shape index (κ1) is 10.2. The van der Waals surface area contributed by atoms with Crippen LogP contribution in [0.4, 0.5) is 0 Å². The Kier molecular flexibility index (Phi) is 3.19. The van der Waals surface area contributed by atoms with Gasteiger partial charge in [-0.25, -0.2) is 5.84 Å². The topological polar surface area (TPSA) is 110 Å². The molecule has 1 aromatic heterocycles. The third kappa shape index (κ3) is 2.56. The minimum absolute atomic E-state index is 0.104. The molecule has 0 bridgehead atoms. The van der Waals surface area contributed by atoms with Crippen molar-refractivity contribution in [2.24, 2.45) is 5.84 Å². The zero-order valence-electron chi connectivity index (χ0n) is 7.53. The van der Waals surface area contributed by atoms with Crippen LogP contribution in [0.15, 0.2) is 10.6 Å². The molecular formula is C7H10N4O3. The van der Waals surface area contributed by atoms with Crippen LogP contribution in [0.25, 0.3) is 0 Å². The summed E-state index contributed by atoms with van der Waals surface area (Å²) in [5, 5.41) is 5.91. The van der Waals surface area contributed by atoms with E-state index in [0.29, 0.717) is 11.5 Å². The Hall–Kier alpha value is -1.89. The van der Waals surface area contributed by atoms with E-state index in [0.717, 1.165) is 0 Å². The summed E-state index contributed by atoms with van der Waals surface area (Å²) in [7, 11) is 0. The maximum Gasteiger partial charge on any atom is 0.323 e. The largest absolute Gasteiger partial charge is 0.359 e. The van der Waals surface area contributed by atoms with Gasteiger partial charge in [-0.15, -0.1) is 0 Å². The summed E-state index contributed by atoms with van der Waals surface area (Å²) in [6.45, 7) is 1.86. The molecular weight excluding hydrogens is 188 g/mol. The number of carbonyl (C=O) groups excluding carboxylic acids is 2. The van der Waals surface area contributed by atoms with E-state index in [2.05, 4.69) is 10.5 Å². The van der Waals surface area contributed by atoms with Crippen molar-refractivity contribution in [1.29, 1.82) is 0 Å². The molecule has 1 aromatic rings. The lowest BCUT2D eigenvalue weighted by molar-refractivity contribution is -0.139. The van der Waals surface area contributed by atoms with Crippen LogP contribution in [0.1, 0.15) is 11.5 Å². The van der Waals surface area contributed by atoms with Gasteiger partial charge in [0.25, 0.3) is 0 Å². The molecule has 0 aliphatic heterocycles. The van der Waals surface area contributed by atoms with Crippen molar-refractivity contribution in [3.05, 3.63) is 17.5 Å². The lowest BCUT2D eigenvalue weighted by Crippen LogP contribution is -2.42. The van der Waals surface area contributed by atoms with Gasteiger partial charge in [-0.2, -0.15) is 0 Å². The fraction of sp³-hybridized carbons (Fsp3) is 0.286. The highest BCUT2D eigenvalue weighted by molar-refractivity contribution is 6.34. The molecule has 0 fully saturated rings. The molecule has 2 amide bonds. The van der Waals surface area contributed by atoms with Crippen molar-refractivity contribution < 1.29 is 14.1 Å². The smallest absolute Gasteiger partial charge is 0.323 e. The van der Waals surface area contributed by atoms with Crippen LogP contribution in [-0.4, -0.2) is 17.0 Å². The average molecular weight is 198 g/mol. The summed E-state index contributed by atoms with van der Waals surface area (Å²) in [4.78, 5) is 21.5. The standard InChI is InChI=1S/C7H10N4O3/c1-4-2-5(14-11-4)3-9-6(12)7(13)10-8/h2H,3,8H2,1H3,(H,9,12)(H,10,13). The van der Waals surface area contributed by atoms with Crippen molar-refractivity contribution >= 4 is 11.8 Å². The van der Waals surface area contributed by atoms with Crippen LogP contribution in [0.3, 0.4) is 0 Å². The van der Waals surface area contributed by atoms with Gasteiger partial charge in [-0.1, -0.05) is 5.16 Å². The minimum atomic E-state index is -0.902. The van der Waals surface area contributed by atoms with Gasteiger partial charge in [0.1, 0.15) is 0 Å². The number of hydrazine groups is 1. The highest BCUT2D eigenvalue weighted by atomic mass is 16.5. The number of amides is 2. The van der Waals surface area contributed by atoms with Gasteiger partial charge in [0.2, 0.25) is 0 Å². The molecule has 7 heteroatoms. The number of nitrogens with two attached hydrogens (primary N) is 1. The Labute approximate surface area is 79.6 Å². The Balaban J connectivity index is 2.41. The molecule has 0 aliphatic carbocycles. The number of carbonyl (C=O) groups is 2. The monoisotopic (exact) mass is 198 g/mol. The molecule has 0 spiro atoms. The van der Waals surface area contributed by atoms with Crippen molar-refractivity contribution in [2.75, 3.05) is 0 Å². The molecule has 7 nitrogen and oxygen atoms in total. The molecule has 0 aliphatic rings. The quantitative estimate of drug-likeness (QED) is 0.234. The number of rotatable bonds is 2. The first-order valence-corrected chi connectivity index (χ1v) is 3.84. The van der Waals surface area contributed by atoms with Gasteiger partial charge in [0.05, 0.1) is 12.2 Å². The zero-order valence-corrected chi connectivity index (χ0v) is 7.53. The molecule has 0 saturated carbocycles. The summed E-state index contributed by atoms with van der Waals surface area (Å²) in [6.07, 6.45) is 0. The molecule has 1 heterocycles. The summed E-state index contributed by atoms with van der Waals surface area (Å²) in [6, 6.07) is 1.65. The first-order valence-electron chi connectivity index (χ1n) is 3.84. The molecule has 4 N–H and O–H groups in total. The van der Waals surface area contributed by atoms with Gasteiger partial charge >= 0.3 is 11.8 Å². The van der Waals surface area contributed by atoms with Crippen molar-refractivity contribution in [1.82, 2.24) is 15.9 Å². The van der Waals surface area contributed by atoms with E-state index in [4.69, 9.17) is 10.4 Å². The van der Waals surface area contributed by atoms with Crippen LogP contribution >= 0.6 is 0 Å². The van der Waals surface area contributed by atoms with Gasteiger partial charge in [0.15, 0.2) is 5.76 Å². The van der Waals surface area contributed by atoms with Gasteiger partial charge in [-0.05, 0) is 6.92 Å². The number of hydrogen-bond donors (Lipinski definition) is 3. The summed E-state index contributed by atoms with van der Waals surface area (Å²) >= 11 is 0. The van der Waals surface area contributed by atoms with Crippen LogP contribution < -0.4 is 16.6 Å². The van der Waals surface area contributed by atoms with Crippen LogP contribution in [-0.2, 0) is 16.1 Å². The van der Waals surface area contributed by atoms with Crippen molar-refractivity contribution in [2.45, 2.75) is 13.5 Å². The Morgan fingerprint density at radius 3 is 2.79 bits per heavy atom. The third-order valence-electron chi connectivity index (χ3n) is 1.44. The molecule has 0 radical (unpaired) electrons. The molecule has 14 heavy (non-hydrogen) atoms. The number of nitrogens with zero attached hydrogens (tertiary/aromatic N) is 1. The van der Waals surface area contributed by atoms with Crippen molar-refractivity contribution in [3.8, 4) is 0 Å². The molecule has 76 valence electrons. The Morgan fingerprint density at radius 1 is 1.57 bits per heavy atom. The van der Waals surface area contributed by atoms with E-state index in [1.807, 2.05) is 0 Å². The third-order valence-corrected chi connectivity index (χ3v) is 1.44. The van der Waals surface area contributed by atoms with Crippen LogP contribution in [0, 0.1) is 6.92 Å². The first-order chi connectivity index (χ1) is 6.63. The van der Waals surface area contributed by atoms with Crippen LogP contribution in [0.2, 0.25) is 0 Å². The van der Waals surface area contributed by atoms with E-state index >= 15 is 0 Å². The number of aromatic nitrogens is 1. The predicted molar refractivity (Wildman–Crippen MR) is 45.4 cm³/mol. The maximum atomic E-state index is 10.9. The van der Waals surface area contributed by atoms with Crippen LogP contribution in [0.5, 0.6) is 0 Å². The highest BCUT2D eigenvalue weighted by Gasteiger charge is 2.11. The predicted octanol–water partition coefficient (Wildman–Crippen LogP) is -1.41. The second-order valence-electron chi connectivity index (χ2n) is 2.59. The lowest BCUT2D eigenvalue weighted by Gasteiger charge is -1.99. The maximum absolute atomic E-state index is 10.9. The van der Waals surface area contributed by atoms with Gasteiger partial charge in [-0.3, -0.25) is 15.0 Å². The summed E-state index contributed by atoms with van der Waals surface area (Å²) in [5.41, 5.74) is 2.42. The molecule has 0 atom stereocenters. The minimum Gasteiger partial charge on any atom is -0.359 e. The van der Waals surface area contributed by atoms with Gasteiger partial charge < -0.3 is 9.84 Å². The Morgan fingerprint density at radius 2 is 2.29 bits per heavy atom. The average Bonchev–Trinajstić information content (AvgIpc) is 2.59. The van der Waals surface area contributed by atoms with E-state index in [-0.39, 0.29) is 6.54 Å². The second kappa shape index (κ2) is 4.38. The Bertz CT molecular complexity index is 346. The van der Waals surface area contributed by atoms with Gasteiger partial charge in [0, 0.05) is 6.07 Å². The van der Waals surface area contributed by atoms with E-state index in [1.54, 1.807) is 18.4 Å². The van der Waals surface area contributed by atoms with E-state index in [1.165, 1.54) is 0 Å². The number of hydrogen-bond acceptors (Lipinski definition) is 5. The van der Waals surface area contributed by atoms with E-state index in [9.17, 15) is 9.59 Å². The number of nitrogens with one attached hydrogen (secondary N) is 2. The summed E-state index contributed by atoms with van der Waals surface area (Å²) in [5.74, 6) is 3.50. The molecule has 0 aromatic carbocycles.